The summed E-state index contributed by atoms with van der Waals surface area (Å²) in [6.07, 6.45) is 0. The number of benzene rings is 3. The van der Waals surface area contributed by atoms with Gasteiger partial charge < -0.3 is 10.2 Å². The summed E-state index contributed by atoms with van der Waals surface area (Å²) in [6.45, 7) is 12.6. The lowest BCUT2D eigenvalue weighted by molar-refractivity contribution is 0.423. The molecule has 0 saturated carbocycles. The van der Waals surface area contributed by atoms with Crippen molar-refractivity contribution in [3.8, 4) is 22.6 Å². The van der Waals surface area contributed by atoms with Crippen LogP contribution in [0.4, 0.5) is 0 Å². The molecule has 0 spiro atoms. The Balaban J connectivity index is 2.42. The van der Waals surface area contributed by atoms with Crippen LogP contribution in [0.2, 0.25) is 0 Å². The minimum Gasteiger partial charge on any atom is -0.507 e. The molecule has 0 radical (unpaired) electrons. The molecule has 0 atom stereocenters. The standard InChI is InChI=1S/C24H28O2/c1-23(2,3)18-13-16(14-19(22(18)26)24(4,5)6)21-17-10-8-7-9-15(17)11-12-20(21)25/h7-14,25-26H,1-6H3. The fraction of sp³-hybridized carbons (Fsp3) is 0.333. The molecule has 0 heterocycles. The largest absolute Gasteiger partial charge is 0.507 e. The van der Waals surface area contributed by atoms with Crippen LogP contribution >= 0.6 is 0 Å². The van der Waals surface area contributed by atoms with Crippen LogP contribution in [-0.2, 0) is 10.8 Å². The molecular weight excluding hydrogens is 320 g/mol. The van der Waals surface area contributed by atoms with E-state index in [2.05, 4.69) is 41.5 Å². The van der Waals surface area contributed by atoms with E-state index in [1.807, 2.05) is 42.5 Å². The molecule has 2 nitrogen and oxygen atoms in total. The van der Waals surface area contributed by atoms with Crippen LogP contribution in [0.5, 0.6) is 11.5 Å². The highest BCUT2D eigenvalue weighted by Crippen LogP contribution is 2.45. The number of hydrogen-bond donors (Lipinski definition) is 2. The van der Waals surface area contributed by atoms with Gasteiger partial charge in [0.05, 0.1) is 0 Å². The van der Waals surface area contributed by atoms with Crippen LogP contribution in [0.3, 0.4) is 0 Å². The molecule has 0 bridgehead atoms. The van der Waals surface area contributed by atoms with Gasteiger partial charge in [0.1, 0.15) is 11.5 Å². The molecule has 3 aromatic carbocycles. The molecule has 0 aliphatic heterocycles. The summed E-state index contributed by atoms with van der Waals surface area (Å²) in [5.74, 6) is 0.614. The zero-order valence-corrected chi connectivity index (χ0v) is 16.5. The van der Waals surface area contributed by atoms with Gasteiger partial charge in [0.15, 0.2) is 0 Å². The molecule has 0 aromatic heterocycles. The first-order valence-electron chi connectivity index (χ1n) is 9.09. The number of hydrogen-bond acceptors (Lipinski definition) is 2. The summed E-state index contributed by atoms with van der Waals surface area (Å²) < 4.78 is 0. The van der Waals surface area contributed by atoms with E-state index in [0.717, 1.165) is 33.0 Å². The van der Waals surface area contributed by atoms with E-state index in [9.17, 15) is 10.2 Å². The predicted octanol–water partition coefficient (Wildman–Crippen LogP) is 6.51. The Morgan fingerprint density at radius 3 is 1.77 bits per heavy atom. The maximum atomic E-state index is 11.0. The monoisotopic (exact) mass is 348 g/mol. The van der Waals surface area contributed by atoms with Gasteiger partial charge in [0.2, 0.25) is 0 Å². The Morgan fingerprint density at radius 1 is 0.692 bits per heavy atom. The van der Waals surface area contributed by atoms with Gasteiger partial charge in [-0.3, -0.25) is 0 Å². The van der Waals surface area contributed by atoms with E-state index < -0.39 is 0 Å². The Bertz CT molecular complexity index is 935. The molecule has 0 aliphatic carbocycles. The van der Waals surface area contributed by atoms with E-state index in [0.29, 0.717) is 5.75 Å². The molecule has 2 heteroatoms. The second-order valence-corrected chi connectivity index (χ2v) is 9.10. The van der Waals surface area contributed by atoms with Crippen molar-refractivity contribution in [2.45, 2.75) is 52.4 Å². The summed E-state index contributed by atoms with van der Waals surface area (Å²) in [6, 6.07) is 15.8. The number of phenols is 2. The predicted molar refractivity (Wildman–Crippen MR) is 110 cm³/mol. The second-order valence-electron chi connectivity index (χ2n) is 9.10. The molecule has 2 N–H and O–H groups in total. The smallest absolute Gasteiger partial charge is 0.124 e. The number of phenolic OH excluding ortho intramolecular Hbond substituents is 2. The van der Waals surface area contributed by atoms with Gasteiger partial charge in [-0.15, -0.1) is 0 Å². The number of fused-ring (bicyclic) bond motifs is 1. The Hall–Kier alpha value is -2.48. The van der Waals surface area contributed by atoms with Crippen molar-refractivity contribution in [2.24, 2.45) is 0 Å². The first-order valence-corrected chi connectivity index (χ1v) is 9.09. The molecule has 0 saturated heterocycles. The summed E-state index contributed by atoms with van der Waals surface area (Å²) >= 11 is 0. The van der Waals surface area contributed by atoms with Crippen LogP contribution in [-0.4, -0.2) is 10.2 Å². The molecule has 0 fully saturated rings. The first kappa shape index (κ1) is 18.3. The lowest BCUT2D eigenvalue weighted by Crippen LogP contribution is -2.17. The minimum atomic E-state index is -0.208. The second kappa shape index (κ2) is 6.05. The van der Waals surface area contributed by atoms with Crippen molar-refractivity contribution in [1.82, 2.24) is 0 Å². The third-order valence-electron chi connectivity index (χ3n) is 4.92. The van der Waals surface area contributed by atoms with Crippen molar-refractivity contribution in [3.05, 3.63) is 59.7 Å². The maximum absolute atomic E-state index is 11.0. The fourth-order valence-corrected chi connectivity index (χ4v) is 3.49. The van der Waals surface area contributed by atoms with Crippen LogP contribution < -0.4 is 0 Å². The van der Waals surface area contributed by atoms with Gasteiger partial charge in [-0.25, -0.2) is 0 Å². The third kappa shape index (κ3) is 3.16. The topological polar surface area (TPSA) is 40.5 Å². The number of rotatable bonds is 1. The quantitative estimate of drug-likeness (QED) is 0.526. The van der Waals surface area contributed by atoms with Crippen molar-refractivity contribution in [3.63, 3.8) is 0 Å². The van der Waals surface area contributed by atoms with Gasteiger partial charge in [0, 0.05) is 16.7 Å². The maximum Gasteiger partial charge on any atom is 0.124 e. The van der Waals surface area contributed by atoms with Crippen molar-refractivity contribution in [2.75, 3.05) is 0 Å². The SMILES string of the molecule is CC(C)(C)c1cc(-c2c(O)ccc3ccccc23)cc(C(C)(C)C)c1O. The molecule has 26 heavy (non-hydrogen) atoms. The first-order chi connectivity index (χ1) is 12.0. The van der Waals surface area contributed by atoms with Gasteiger partial charge in [-0.05, 0) is 45.4 Å². The van der Waals surface area contributed by atoms with Crippen LogP contribution in [0.25, 0.3) is 21.9 Å². The minimum absolute atomic E-state index is 0.208. The molecule has 136 valence electrons. The van der Waals surface area contributed by atoms with Crippen LogP contribution in [0.15, 0.2) is 48.5 Å². The zero-order chi connectivity index (χ0) is 19.3. The third-order valence-corrected chi connectivity index (χ3v) is 4.92. The molecule has 3 aromatic rings. The molecule has 3 rings (SSSR count). The van der Waals surface area contributed by atoms with E-state index in [4.69, 9.17) is 0 Å². The molecular formula is C24H28O2. The Kier molecular flexibility index (Phi) is 4.26. The van der Waals surface area contributed by atoms with Gasteiger partial charge >= 0.3 is 0 Å². The summed E-state index contributed by atoms with van der Waals surface area (Å²) in [4.78, 5) is 0. The Labute approximate surface area is 156 Å². The summed E-state index contributed by atoms with van der Waals surface area (Å²) in [5.41, 5.74) is 3.13. The summed E-state index contributed by atoms with van der Waals surface area (Å²) in [7, 11) is 0. The van der Waals surface area contributed by atoms with Gasteiger partial charge in [0.25, 0.3) is 0 Å². The Morgan fingerprint density at radius 2 is 1.23 bits per heavy atom. The average Bonchev–Trinajstić information content (AvgIpc) is 2.53. The average molecular weight is 348 g/mol. The van der Waals surface area contributed by atoms with Crippen LogP contribution in [0.1, 0.15) is 52.7 Å². The highest BCUT2D eigenvalue weighted by atomic mass is 16.3. The van der Waals surface area contributed by atoms with Gasteiger partial charge in [-0.2, -0.15) is 0 Å². The lowest BCUT2D eigenvalue weighted by atomic mass is 9.77. The van der Waals surface area contributed by atoms with E-state index >= 15 is 0 Å². The highest BCUT2D eigenvalue weighted by Gasteiger charge is 2.27. The van der Waals surface area contributed by atoms with Crippen LogP contribution in [0, 0.1) is 0 Å². The van der Waals surface area contributed by atoms with Gasteiger partial charge in [-0.1, -0.05) is 71.9 Å². The molecule has 0 aliphatic rings. The molecule has 0 unspecified atom stereocenters. The highest BCUT2D eigenvalue weighted by molar-refractivity contribution is 6.00. The lowest BCUT2D eigenvalue weighted by Gasteiger charge is -2.28. The van der Waals surface area contributed by atoms with E-state index in [1.54, 1.807) is 6.07 Å². The molecule has 0 amide bonds. The summed E-state index contributed by atoms with van der Waals surface area (Å²) in [5, 5.41) is 23.7. The normalized spacial score (nSPS) is 12.5. The zero-order valence-electron chi connectivity index (χ0n) is 16.5. The van der Waals surface area contributed by atoms with Crippen molar-refractivity contribution in [1.29, 1.82) is 0 Å². The van der Waals surface area contributed by atoms with E-state index in [1.165, 1.54) is 0 Å². The van der Waals surface area contributed by atoms with Crippen molar-refractivity contribution < 1.29 is 10.2 Å². The number of aromatic hydroxyl groups is 2. The fourth-order valence-electron chi connectivity index (χ4n) is 3.49. The van der Waals surface area contributed by atoms with Crippen molar-refractivity contribution >= 4 is 10.8 Å². The van der Waals surface area contributed by atoms with E-state index in [-0.39, 0.29) is 16.6 Å².